The minimum Gasteiger partial charge on any atom is -0.548 e. The van der Waals surface area contributed by atoms with E-state index in [9.17, 15) is 39.6 Å². The number of benzene rings is 4. The van der Waals surface area contributed by atoms with Crippen molar-refractivity contribution in [2.24, 2.45) is 0 Å². The van der Waals surface area contributed by atoms with Crippen molar-refractivity contribution >= 4 is 51.9 Å². The van der Waals surface area contributed by atoms with Gasteiger partial charge in [-0.25, -0.2) is 4.58 Å². The third-order valence-corrected chi connectivity index (χ3v) is 8.65. The van der Waals surface area contributed by atoms with Crippen molar-refractivity contribution < 1.29 is 142 Å². The summed E-state index contributed by atoms with van der Waals surface area (Å²) in [6.07, 6.45) is 0. The summed E-state index contributed by atoms with van der Waals surface area (Å²) in [4.78, 5) is 50.3. The number of aryl methyl sites for hydroxylation is 1. The van der Waals surface area contributed by atoms with Gasteiger partial charge >= 0.3 is 88.7 Å². The third-order valence-electron chi connectivity index (χ3n) is 8.65. The number of hydrogen-bond donors (Lipinski definition) is 0. The van der Waals surface area contributed by atoms with Crippen LogP contribution in [0.1, 0.15) is 5.56 Å². The zero-order valence-electron chi connectivity index (χ0n) is 34.0. The van der Waals surface area contributed by atoms with Crippen LogP contribution in [-0.2, 0) is 19.2 Å². The van der Waals surface area contributed by atoms with Gasteiger partial charge in [0, 0.05) is 48.4 Å². The summed E-state index contributed by atoms with van der Waals surface area (Å²) in [5.41, 5.74) is 4.72. The summed E-state index contributed by atoms with van der Waals surface area (Å²) >= 11 is 0. The van der Waals surface area contributed by atoms with Gasteiger partial charge in [-0.2, -0.15) is 0 Å². The van der Waals surface area contributed by atoms with E-state index in [1.54, 1.807) is 37.3 Å². The fourth-order valence-corrected chi connectivity index (χ4v) is 6.16. The molecule has 288 valence electrons. The number of rotatable bonds is 17. The number of aliphatic carboxylic acids is 4. The number of carbonyl (C=O) groups excluding carboxylic acids is 4. The number of carboxylic acids is 4. The second-order valence-corrected chi connectivity index (χ2v) is 13.2. The van der Waals surface area contributed by atoms with Gasteiger partial charge in [-0.3, -0.25) is 0 Å². The first-order valence-electron chi connectivity index (χ1n) is 17.1. The molecule has 58 heavy (non-hydrogen) atoms. The van der Waals surface area contributed by atoms with Crippen LogP contribution >= 0.6 is 0 Å². The maximum absolute atomic E-state index is 11.7. The van der Waals surface area contributed by atoms with Crippen molar-refractivity contribution in [3.8, 4) is 33.9 Å². The Morgan fingerprint density at radius 2 is 1.17 bits per heavy atom. The SMILES string of the molecule is Cc1ccc(N(CC(=O)[O-])CC(=O)[O-])c(OCCOc2cc(-c3c4ccc(=[N+](C)C)cc-4oc4cc(N(C)C)ccc34)ccc2N(CC(=O)[O-])CC(=O)[O-])c1.[Na+].[Na+].[Na+]. The Kier molecular flexibility index (Phi) is 19.6. The summed E-state index contributed by atoms with van der Waals surface area (Å²) in [6.45, 7) is -1.59. The molecule has 0 unspecified atom stereocenters. The molecule has 1 aliphatic carbocycles. The van der Waals surface area contributed by atoms with Gasteiger partial charge in [-0.1, -0.05) is 12.1 Å². The molecular weight excluding hydrogens is 781 g/mol. The Balaban J connectivity index is 0.00000387. The quantitative estimate of drug-likeness (QED) is 0.0370. The van der Waals surface area contributed by atoms with E-state index in [4.69, 9.17) is 13.9 Å². The summed E-state index contributed by atoms with van der Waals surface area (Å²) in [5, 5.41) is 48.0. The molecule has 18 heteroatoms. The molecule has 3 aromatic carbocycles. The van der Waals surface area contributed by atoms with Crippen LogP contribution in [0.25, 0.3) is 33.4 Å². The van der Waals surface area contributed by atoms with E-state index in [-0.39, 0.29) is 125 Å². The third kappa shape index (κ3) is 12.9. The molecule has 0 fully saturated rings. The molecule has 1 heterocycles. The number of hydrogen-bond acceptors (Lipinski definition) is 14. The van der Waals surface area contributed by atoms with Gasteiger partial charge in [0.2, 0.25) is 5.36 Å². The maximum Gasteiger partial charge on any atom is 1.00 e. The van der Waals surface area contributed by atoms with Gasteiger partial charge in [-0.05, 0) is 60.5 Å². The zero-order chi connectivity index (χ0) is 40.0. The van der Waals surface area contributed by atoms with Crippen LogP contribution in [0.5, 0.6) is 11.5 Å². The van der Waals surface area contributed by atoms with Gasteiger partial charge in [0.05, 0.1) is 67.5 Å². The van der Waals surface area contributed by atoms with E-state index >= 15 is 0 Å². The molecule has 15 nitrogen and oxygen atoms in total. The first kappa shape index (κ1) is 50.4. The molecule has 2 aliphatic rings. The van der Waals surface area contributed by atoms with Crippen LogP contribution in [0.2, 0.25) is 0 Å². The Morgan fingerprint density at radius 1 is 0.655 bits per heavy atom. The Morgan fingerprint density at radius 3 is 1.67 bits per heavy atom. The van der Waals surface area contributed by atoms with Gasteiger partial charge in [-0.15, -0.1) is 0 Å². The standard InChI is InChI=1S/C40H42N4O11.3Na/c1-24-6-12-30(43(20-36(45)46)21-37(47)48)34(16-24)53-14-15-54-35-17-25(7-13-31(35)44(22-38(49)50)23-39(51)52)40-28-10-8-26(41(2)3)18-32(28)55-33-19-27(42(4)5)9-11-29(33)40;;;/h6-13,16-19H,14-15,20-23H2,1-5H3,(H3-,45,46,47,48,49,50,51,52);;;/q;3*+1/p-3. The van der Waals surface area contributed by atoms with E-state index in [0.717, 1.165) is 42.9 Å². The Labute approximate surface area is 401 Å². The second-order valence-electron chi connectivity index (χ2n) is 13.2. The minimum atomic E-state index is -1.53. The summed E-state index contributed by atoms with van der Waals surface area (Å²) in [6, 6.07) is 21.3. The topological polar surface area (TPSA) is 205 Å². The van der Waals surface area contributed by atoms with E-state index in [1.807, 2.05) is 74.1 Å². The number of carbonyl (C=O) groups is 4. The fourth-order valence-electron chi connectivity index (χ4n) is 6.16. The van der Waals surface area contributed by atoms with E-state index in [0.29, 0.717) is 16.9 Å². The molecule has 0 N–H and O–H groups in total. The monoisotopic (exact) mass is 820 g/mol. The van der Waals surface area contributed by atoms with E-state index < -0.39 is 50.1 Å². The first-order valence-corrected chi connectivity index (χ1v) is 17.1. The van der Waals surface area contributed by atoms with Crippen molar-refractivity contribution in [2.75, 3.05) is 82.3 Å². The molecule has 0 amide bonds. The van der Waals surface area contributed by atoms with E-state index in [2.05, 4.69) is 0 Å². The normalized spacial score (nSPS) is 10.4. The molecule has 0 bridgehead atoms. The smallest absolute Gasteiger partial charge is 0.548 e. The minimum absolute atomic E-state index is 0. The van der Waals surface area contributed by atoms with Crippen LogP contribution in [0.3, 0.4) is 0 Å². The van der Waals surface area contributed by atoms with Crippen molar-refractivity contribution in [1.82, 2.24) is 4.58 Å². The average molecular weight is 821 g/mol. The second kappa shape index (κ2) is 22.6. The summed E-state index contributed by atoms with van der Waals surface area (Å²) in [5.74, 6) is -5.20. The van der Waals surface area contributed by atoms with Gasteiger partial charge in [0.15, 0.2) is 0 Å². The van der Waals surface area contributed by atoms with Crippen molar-refractivity contribution in [1.29, 1.82) is 0 Å². The fraction of sp³-hybridized carbons (Fsp3) is 0.275. The number of carboxylic acid groups (broad SMARTS) is 4. The number of fused-ring (bicyclic) bond motifs is 2. The molecule has 0 atom stereocenters. The Bertz CT molecular complexity index is 2280. The van der Waals surface area contributed by atoms with Crippen LogP contribution in [-0.4, -0.2) is 91.5 Å². The maximum atomic E-state index is 11.7. The molecule has 3 aromatic rings. The average Bonchev–Trinajstić information content (AvgIpc) is 3.10. The zero-order valence-corrected chi connectivity index (χ0v) is 40.0. The van der Waals surface area contributed by atoms with Crippen LogP contribution in [0, 0.1) is 6.92 Å². The van der Waals surface area contributed by atoms with Crippen molar-refractivity contribution in [3.63, 3.8) is 0 Å². The molecule has 0 saturated heterocycles. The van der Waals surface area contributed by atoms with Gasteiger partial charge < -0.3 is 68.2 Å². The summed E-state index contributed by atoms with van der Waals surface area (Å²) in [7, 11) is 7.67. The molecular formula is C40H39N4Na3O11. The first-order chi connectivity index (χ1) is 26.1. The van der Waals surface area contributed by atoms with Crippen molar-refractivity contribution in [2.45, 2.75) is 6.92 Å². The molecule has 1 aliphatic heterocycles. The molecule has 0 radical (unpaired) electrons. The predicted molar refractivity (Wildman–Crippen MR) is 196 cm³/mol. The summed E-state index contributed by atoms with van der Waals surface area (Å²) < 4.78 is 20.6. The predicted octanol–water partition coefficient (Wildman–Crippen LogP) is -10.3. The van der Waals surface area contributed by atoms with Crippen molar-refractivity contribution in [3.05, 3.63) is 83.7 Å². The Hall–Kier alpha value is -3.77. The van der Waals surface area contributed by atoms with Crippen LogP contribution in [0.4, 0.5) is 17.1 Å². The van der Waals surface area contributed by atoms with Crippen LogP contribution in [0.15, 0.2) is 77.2 Å². The number of ether oxygens (including phenoxy) is 2. The largest absolute Gasteiger partial charge is 1.00 e. The molecule has 0 saturated carbocycles. The number of nitrogens with zero attached hydrogens (tertiary/aromatic N) is 4. The molecule has 0 spiro atoms. The van der Waals surface area contributed by atoms with E-state index in [1.165, 1.54) is 6.07 Å². The molecule has 0 aromatic heterocycles. The van der Waals surface area contributed by atoms with Gasteiger partial charge in [0.25, 0.3) is 0 Å². The van der Waals surface area contributed by atoms with Crippen LogP contribution < -0.4 is 143 Å². The molecule has 5 rings (SSSR count). The number of anilines is 3. The van der Waals surface area contributed by atoms with Gasteiger partial charge in [0.1, 0.15) is 50.2 Å².